The van der Waals surface area contributed by atoms with Crippen LogP contribution >= 0.6 is 0 Å². The van der Waals surface area contributed by atoms with E-state index in [4.69, 9.17) is 14.2 Å². The minimum atomic E-state index is -4.18. The van der Waals surface area contributed by atoms with Gasteiger partial charge in [-0.1, -0.05) is 74.5 Å². The molecule has 51 heavy (non-hydrogen) atoms. The van der Waals surface area contributed by atoms with Crippen LogP contribution in [0.15, 0.2) is 89.5 Å². The van der Waals surface area contributed by atoms with Crippen molar-refractivity contribution in [1.82, 2.24) is 14.9 Å². The Morgan fingerprint density at radius 1 is 1.02 bits per heavy atom. The number of sulfonamides is 1. The molecule has 5 unspecified atom stereocenters. The van der Waals surface area contributed by atoms with Gasteiger partial charge in [-0.2, -0.15) is 4.31 Å². The SMILES string of the molecule is CC(NCc1ccccc1)=C1C(=O)Nc2ccc(S(=O)(=O)N(CC(C)C)CC(O)C(Cc3ccccc3)NC(=O)OC3COC4OCCC34)cc21. The molecule has 13 heteroatoms. The number of ether oxygens (including phenoxy) is 3. The maximum atomic E-state index is 14.4. The molecule has 3 aromatic rings. The number of alkyl carbamates (subject to hydrolysis) is 1. The molecule has 2 fully saturated rings. The molecular weight excluding hydrogens is 673 g/mol. The third kappa shape index (κ3) is 8.62. The number of rotatable bonds is 14. The van der Waals surface area contributed by atoms with Gasteiger partial charge in [-0.05, 0) is 55.0 Å². The van der Waals surface area contributed by atoms with E-state index in [2.05, 4.69) is 16.0 Å². The van der Waals surface area contributed by atoms with Crippen LogP contribution in [0.3, 0.4) is 0 Å². The van der Waals surface area contributed by atoms with Crippen LogP contribution in [-0.2, 0) is 42.0 Å². The van der Waals surface area contributed by atoms with Crippen molar-refractivity contribution >= 4 is 33.3 Å². The normalized spacial score (nSPS) is 21.9. The number of amides is 2. The summed E-state index contributed by atoms with van der Waals surface area (Å²) < 4.78 is 46.8. The highest BCUT2D eigenvalue weighted by Gasteiger charge is 2.44. The van der Waals surface area contributed by atoms with Crippen molar-refractivity contribution in [1.29, 1.82) is 0 Å². The molecule has 0 bridgehead atoms. The fourth-order valence-electron chi connectivity index (χ4n) is 6.78. The third-order valence-electron chi connectivity index (χ3n) is 9.42. The van der Waals surface area contributed by atoms with Crippen molar-refractivity contribution in [3.05, 3.63) is 101 Å². The number of carbonyl (C=O) groups is 2. The Kier molecular flexibility index (Phi) is 11.4. The smallest absolute Gasteiger partial charge is 0.407 e. The Morgan fingerprint density at radius 2 is 1.73 bits per heavy atom. The second-order valence-electron chi connectivity index (χ2n) is 13.7. The summed E-state index contributed by atoms with van der Waals surface area (Å²) >= 11 is 0. The van der Waals surface area contributed by atoms with Gasteiger partial charge < -0.3 is 35.3 Å². The zero-order valence-electron chi connectivity index (χ0n) is 29.1. The molecule has 5 atom stereocenters. The number of hydrogen-bond acceptors (Lipinski definition) is 9. The summed E-state index contributed by atoms with van der Waals surface area (Å²) in [6, 6.07) is 22.8. The van der Waals surface area contributed by atoms with Gasteiger partial charge in [0.15, 0.2) is 6.29 Å². The first-order valence-electron chi connectivity index (χ1n) is 17.4. The molecule has 0 aliphatic carbocycles. The van der Waals surface area contributed by atoms with E-state index in [1.807, 2.05) is 74.5 Å². The Hall–Kier alpha value is -4.27. The summed E-state index contributed by atoms with van der Waals surface area (Å²) in [6.45, 7) is 6.64. The van der Waals surface area contributed by atoms with Crippen molar-refractivity contribution in [2.75, 3.05) is 31.6 Å². The fourth-order valence-corrected chi connectivity index (χ4v) is 8.43. The number of hydrogen-bond donors (Lipinski definition) is 4. The van der Waals surface area contributed by atoms with E-state index >= 15 is 0 Å². The maximum Gasteiger partial charge on any atom is 0.407 e. The molecule has 4 N–H and O–H groups in total. The van der Waals surface area contributed by atoms with Crippen molar-refractivity contribution in [3.8, 4) is 0 Å². The van der Waals surface area contributed by atoms with E-state index in [0.29, 0.717) is 42.1 Å². The molecule has 0 spiro atoms. The number of benzene rings is 3. The van der Waals surface area contributed by atoms with Crippen LogP contribution in [0.4, 0.5) is 10.5 Å². The zero-order chi connectivity index (χ0) is 36.1. The molecule has 3 heterocycles. The van der Waals surface area contributed by atoms with Crippen LogP contribution in [0.25, 0.3) is 5.57 Å². The topological polar surface area (TPSA) is 156 Å². The number of aliphatic hydroxyl groups is 1. The Morgan fingerprint density at radius 3 is 2.43 bits per heavy atom. The van der Waals surface area contributed by atoms with E-state index in [1.165, 1.54) is 16.4 Å². The van der Waals surface area contributed by atoms with Gasteiger partial charge >= 0.3 is 6.09 Å². The number of nitrogens with one attached hydrogen (secondary N) is 3. The number of allylic oxidation sites excluding steroid dienone is 1. The first kappa shape index (κ1) is 36.5. The van der Waals surface area contributed by atoms with Crippen LogP contribution in [0, 0.1) is 11.8 Å². The Labute approximate surface area is 299 Å². The standard InChI is InChI=1S/C38H46N4O8S/c1-24(2)21-42(22-33(43)32(18-26-10-6-4-7-11-26)41-38(45)50-34-23-49-37-29(34)16-17-48-37)51(46,47)28-14-15-31-30(19-28)35(36(44)40-31)25(3)39-20-27-12-8-5-9-13-27/h4-15,19,24,29,32-34,37,39,43H,16-18,20-23H2,1-3H3,(H,40,44)(H,41,45). The quantitative estimate of drug-likeness (QED) is 0.179. The van der Waals surface area contributed by atoms with Crippen molar-refractivity contribution < 1.29 is 37.3 Å². The van der Waals surface area contributed by atoms with Crippen LogP contribution in [0.5, 0.6) is 0 Å². The summed E-state index contributed by atoms with van der Waals surface area (Å²) in [5.41, 5.74) is 3.84. The zero-order valence-corrected chi connectivity index (χ0v) is 29.9. The van der Waals surface area contributed by atoms with E-state index in [0.717, 1.165) is 11.1 Å². The maximum absolute atomic E-state index is 14.4. The van der Waals surface area contributed by atoms with Crippen molar-refractivity contribution in [2.45, 2.75) is 69.6 Å². The predicted molar refractivity (Wildman–Crippen MR) is 192 cm³/mol. The van der Waals surface area contributed by atoms with Crippen LogP contribution < -0.4 is 16.0 Å². The lowest BCUT2D eigenvalue weighted by Gasteiger charge is -2.31. The minimum absolute atomic E-state index is 0.0134. The van der Waals surface area contributed by atoms with Crippen molar-refractivity contribution in [2.24, 2.45) is 11.8 Å². The second kappa shape index (κ2) is 16.0. The fraction of sp³-hybridized carbons (Fsp3) is 0.421. The minimum Gasteiger partial charge on any atom is -0.443 e. The van der Waals surface area contributed by atoms with Crippen LogP contribution in [0.2, 0.25) is 0 Å². The molecule has 0 aromatic heterocycles. The average molecular weight is 719 g/mol. The Bertz CT molecular complexity index is 1840. The molecule has 6 rings (SSSR count). The third-order valence-corrected chi connectivity index (χ3v) is 11.2. The van der Waals surface area contributed by atoms with Gasteiger partial charge in [0.05, 0.1) is 41.7 Å². The molecule has 2 amide bonds. The summed E-state index contributed by atoms with van der Waals surface area (Å²) in [5.74, 6) is -0.468. The van der Waals surface area contributed by atoms with E-state index < -0.39 is 40.7 Å². The molecule has 2 saturated heterocycles. The molecule has 3 aliphatic heterocycles. The molecular formula is C38H46N4O8S. The van der Waals surface area contributed by atoms with Gasteiger partial charge in [0, 0.05) is 36.6 Å². The predicted octanol–water partition coefficient (Wildman–Crippen LogP) is 4.27. The van der Waals surface area contributed by atoms with Crippen LogP contribution in [0.1, 0.15) is 43.9 Å². The molecule has 3 aliphatic rings. The molecule has 272 valence electrons. The summed E-state index contributed by atoms with van der Waals surface area (Å²) in [4.78, 5) is 26.3. The van der Waals surface area contributed by atoms with Gasteiger partial charge in [0.2, 0.25) is 10.0 Å². The molecule has 3 aromatic carbocycles. The largest absolute Gasteiger partial charge is 0.443 e. The molecule has 0 radical (unpaired) electrons. The lowest BCUT2D eigenvalue weighted by atomic mass is 10.0. The lowest BCUT2D eigenvalue weighted by molar-refractivity contribution is -0.110. The van der Waals surface area contributed by atoms with Gasteiger partial charge in [-0.15, -0.1) is 0 Å². The lowest BCUT2D eigenvalue weighted by Crippen LogP contribution is -2.51. The number of fused-ring (bicyclic) bond motifs is 2. The highest BCUT2D eigenvalue weighted by atomic mass is 32.2. The first-order chi connectivity index (χ1) is 24.5. The number of nitrogens with zero attached hydrogens (tertiary/aromatic N) is 1. The average Bonchev–Trinajstić information content (AvgIpc) is 3.82. The van der Waals surface area contributed by atoms with Crippen molar-refractivity contribution in [3.63, 3.8) is 0 Å². The number of anilines is 1. The Balaban J connectivity index is 1.22. The highest BCUT2D eigenvalue weighted by Crippen LogP contribution is 2.36. The van der Waals surface area contributed by atoms with E-state index in [-0.39, 0.29) is 48.8 Å². The summed E-state index contributed by atoms with van der Waals surface area (Å²) in [7, 11) is -4.18. The molecule has 0 saturated carbocycles. The van der Waals surface area contributed by atoms with Gasteiger partial charge in [0.25, 0.3) is 5.91 Å². The van der Waals surface area contributed by atoms with Gasteiger partial charge in [0.1, 0.15) is 6.10 Å². The number of aliphatic hydroxyl groups excluding tert-OH is 1. The van der Waals surface area contributed by atoms with E-state index in [9.17, 15) is 23.1 Å². The monoisotopic (exact) mass is 718 g/mol. The van der Waals surface area contributed by atoms with Gasteiger partial charge in [-0.3, -0.25) is 4.79 Å². The molecule has 12 nitrogen and oxygen atoms in total. The second-order valence-corrected chi connectivity index (χ2v) is 15.6. The van der Waals surface area contributed by atoms with Gasteiger partial charge in [-0.25, -0.2) is 13.2 Å². The number of carbonyl (C=O) groups excluding carboxylic acids is 2. The highest BCUT2D eigenvalue weighted by molar-refractivity contribution is 7.89. The first-order valence-corrected chi connectivity index (χ1v) is 18.8. The summed E-state index contributed by atoms with van der Waals surface area (Å²) in [5, 5.41) is 20.6. The van der Waals surface area contributed by atoms with E-state index in [1.54, 1.807) is 13.0 Å². The summed E-state index contributed by atoms with van der Waals surface area (Å²) in [6.07, 6.45) is -1.94. The van der Waals surface area contributed by atoms with Crippen LogP contribution in [-0.4, -0.2) is 80.7 Å².